The average molecular weight is 184 g/mol. The van der Waals surface area contributed by atoms with Crippen molar-refractivity contribution < 1.29 is 14.2 Å². The summed E-state index contributed by atoms with van der Waals surface area (Å²) in [5.74, 6) is -0.157. The van der Waals surface area contributed by atoms with Crippen molar-refractivity contribution in [1.29, 1.82) is 0 Å². The highest BCUT2D eigenvalue weighted by Crippen LogP contribution is 2.18. The number of halogens is 1. The molecule has 0 fully saturated rings. The second-order valence-corrected chi connectivity index (χ2v) is 3.02. The van der Waals surface area contributed by atoms with Crippen LogP contribution in [0.1, 0.15) is 12.5 Å². The number of methoxy groups -OCH3 is 1. The Morgan fingerprint density at radius 2 is 2.23 bits per heavy atom. The molecular formula is C10H13FO2. The van der Waals surface area contributed by atoms with E-state index in [2.05, 4.69) is 0 Å². The third-order valence-corrected chi connectivity index (χ3v) is 1.75. The van der Waals surface area contributed by atoms with Gasteiger partial charge in [-0.3, -0.25) is 0 Å². The summed E-state index contributed by atoms with van der Waals surface area (Å²) in [5, 5.41) is 9.10. The molecule has 72 valence electrons. The number of benzene rings is 1. The first kappa shape index (κ1) is 9.99. The molecule has 0 spiro atoms. The Kier molecular flexibility index (Phi) is 3.25. The van der Waals surface area contributed by atoms with Crippen molar-refractivity contribution in [2.45, 2.75) is 19.4 Å². The number of hydrogen-bond acceptors (Lipinski definition) is 2. The minimum atomic E-state index is -0.421. The Labute approximate surface area is 77.0 Å². The number of ether oxygens (including phenoxy) is 1. The zero-order valence-corrected chi connectivity index (χ0v) is 7.75. The van der Waals surface area contributed by atoms with E-state index in [1.54, 1.807) is 19.1 Å². The molecular weight excluding hydrogens is 171 g/mol. The van der Waals surface area contributed by atoms with Crippen LogP contribution in [-0.4, -0.2) is 18.3 Å². The standard InChI is InChI=1S/C10H13FO2/c1-7(12)5-8-3-4-9(11)10(6-8)13-2/h3-4,6-7,12H,5H2,1-2H3. The summed E-state index contributed by atoms with van der Waals surface area (Å²) in [6.07, 6.45) is 0.0894. The Bertz CT molecular complexity index is 284. The van der Waals surface area contributed by atoms with Crippen LogP contribution in [0.3, 0.4) is 0 Å². The van der Waals surface area contributed by atoms with Gasteiger partial charge in [0.15, 0.2) is 11.6 Å². The molecule has 0 bridgehead atoms. The number of hydrogen-bond donors (Lipinski definition) is 1. The van der Waals surface area contributed by atoms with Crippen molar-refractivity contribution in [2.24, 2.45) is 0 Å². The largest absolute Gasteiger partial charge is 0.494 e. The molecule has 2 nitrogen and oxygen atoms in total. The number of rotatable bonds is 3. The van der Waals surface area contributed by atoms with E-state index >= 15 is 0 Å². The van der Waals surface area contributed by atoms with E-state index in [1.165, 1.54) is 13.2 Å². The van der Waals surface area contributed by atoms with Crippen molar-refractivity contribution in [3.05, 3.63) is 29.6 Å². The summed E-state index contributed by atoms with van der Waals surface area (Å²) >= 11 is 0. The van der Waals surface area contributed by atoms with Crippen LogP contribution in [0.4, 0.5) is 4.39 Å². The van der Waals surface area contributed by atoms with Gasteiger partial charge in [-0.2, -0.15) is 0 Å². The van der Waals surface area contributed by atoms with Gasteiger partial charge in [-0.05, 0) is 31.0 Å². The van der Waals surface area contributed by atoms with E-state index in [9.17, 15) is 4.39 Å². The third kappa shape index (κ3) is 2.70. The molecule has 1 aromatic rings. The van der Waals surface area contributed by atoms with Gasteiger partial charge >= 0.3 is 0 Å². The molecule has 1 N–H and O–H groups in total. The van der Waals surface area contributed by atoms with Crippen LogP contribution < -0.4 is 4.74 Å². The van der Waals surface area contributed by atoms with Crippen molar-refractivity contribution >= 4 is 0 Å². The van der Waals surface area contributed by atoms with Gasteiger partial charge in [0.2, 0.25) is 0 Å². The van der Waals surface area contributed by atoms with Gasteiger partial charge in [-0.15, -0.1) is 0 Å². The van der Waals surface area contributed by atoms with Crippen LogP contribution >= 0.6 is 0 Å². The maximum Gasteiger partial charge on any atom is 0.165 e. The third-order valence-electron chi connectivity index (χ3n) is 1.75. The SMILES string of the molecule is COc1cc(CC(C)O)ccc1F. The predicted octanol–water partition coefficient (Wildman–Crippen LogP) is 1.76. The molecule has 0 saturated heterocycles. The molecule has 0 amide bonds. The fraction of sp³-hybridized carbons (Fsp3) is 0.400. The fourth-order valence-electron chi connectivity index (χ4n) is 1.17. The van der Waals surface area contributed by atoms with Gasteiger partial charge in [-0.25, -0.2) is 4.39 Å². The topological polar surface area (TPSA) is 29.5 Å². The smallest absolute Gasteiger partial charge is 0.165 e. The summed E-state index contributed by atoms with van der Waals surface area (Å²) in [5.41, 5.74) is 0.869. The molecule has 0 saturated carbocycles. The van der Waals surface area contributed by atoms with E-state index in [0.29, 0.717) is 6.42 Å². The molecule has 0 radical (unpaired) electrons. The quantitative estimate of drug-likeness (QED) is 0.775. The van der Waals surface area contributed by atoms with Crippen molar-refractivity contribution in [3.63, 3.8) is 0 Å². The molecule has 0 aliphatic rings. The highest BCUT2D eigenvalue weighted by atomic mass is 19.1. The van der Waals surface area contributed by atoms with E-state index in [1.807, 2.05) is 0 Å². The highest BCUT2D eigenvalue weighted by molar-refractivity contribution is 5.30. The number of aliphatic hydroxyl groups excluding tert-OH is 1. The summed E-state index contributed by atoms with van der Waals surface area (Å²) in [7, 11) is 1.42. The van der Waals surface area contributed by atoms with Crippen molar-refractivity contribution in [3.8, 4) is 5.75 Å². The van der Waals surface area contributed by atoms with Gasteiger partial charge in [0.25, 0.3) is 0 Å². The molecule has 13 heavy (non-hydrogen) atoms. The molecule has 1 rings (SSSR count). The van der Waals surface area contributed by atoms with Gasteiger partial charge in [0.1, 0.15) is 0 Å². The monoisotopic (exact) mass is 184 g/mol. The van der Waals surface area contributed by atoms with Gasteiger partial charge in [0, 0.05) is 0 Å². The second kappa shape index (κ2) is 4.23. The molecule has 0 aliphatic carbocycles. The van der Waals surface area contributed by atoms with E-state index in [-0.39, 0.29) is 11.6 Å². The Balaban J connectivity index is 2.86. The van der Waals surface area contributed by atoms with Crippen molar-refractivity contribution in [2.75, 3.05) is 7.11 Å². The average Bonchev–Trinajstić information content (AvgIpc) is 2.07. The summed E-state index contributed by atoms with van der Waals surface area (Å²) in [6, 6.07) is 4.59. The zero-order valence-electron chi connectivity index (χ0n) is 7.75. The first-order valence-corrected chi connectivity index (χ1v) is 4.14. The molecule has 1 unspecified atom stereocenters. The maximum atomic E-state index is 12.9. The maximum absolute atomic E-state index is 12.9. The van der Waals surface area contributed by atoms with E-state index in [0.717, 1.165) is 5.56 Å². The molecule has 0 aliphatic heterocycles. The summed E-state index contributed by atoms with van der Waals surface area (Å²) in [6.45, 7) is 1.69. The van der Waals surface area contributed by atoms with Crippen LogP contribution in [-0.2, 0) is 6.42 Å². The van der Waals surface area contributed by atoms with Crippen LogP contribution in [0, 0.1) is 5.82 Å². The normalized spacial score (nSPS) is 12.6. The Hall–Kier alpha value is -1.09. The van der Waals surface area contributed by atoms with Crippen LogP contribution in [0.2, 0.25) is 0 Å². The summed E-state index contributed by atoms with van der Waals surface area (Å²) < 4.78 is 17.7. The van der Waals surface area contributed by atoms with Gasteiger partial charge in [0.05, 0.1) is 13.2 Å². The number of aliphatic hydroxyl groups is 1. The Morgan fingerprint density at radius 1 is 1.54 bits per heavy atom. The summed E-state index contributed by atoms with van der Waals surface area (Å²) in [4.78, 5) is 0. The molecule has 0 heterocycles. The van der Waals surface area contributed by atoms with Gasteiger partial charge < -0.3 is 9.84 Å². The lowest BCUT2D eigenvalue weighted by Gasteiger charge is -2.07. The van der Waals surface area contributed by atoms with Crippen LogP contribution in [0.25, 0.3) is 0 Å². The first-order valence-electron chi connectivity index (χ1n) is 4.14. The van der Waals surface area contributed by atoms with Crippen LogP contribution in [0.15, 0.2) is 18.2 Å². The van der Waals surface area contributed by atoms with Gasteiger partial charge in [-0.1, -0.05) is 6.07 Å². The lowest BCUT2D eigenvalue weighted by atomic mass is 10.1. The molecule has 3 heteroatoms. The second-order valence-electron chi connectivity index (χ2n) is 3.02. The predicted molar refractivity (Wildman–Crippen MR) is 48.3 cm³/mol. The Morgan fingerprint density at radius 3 is 2.77 bits per heavy atom. The zero-order chi connectivity index (χ0) is 9.84. The highest BCUT2D eigenvalue weighted by Gasteiger charge is 2.04. The van der Waals surface area contributed by atoms with E-state index in [4.69, 9.17) is 9.84 Å². The molecule has 1 atom stereocenters. The minimum absolute atomic E-state index is 0.221. The molecule has 1 aromatic carbocycles. The fourth-order valence-corrected chi connectivity index (χ4v) is 1.17. The molecule has 0 aromatic heterocycles. The van der Waals surface area contributed by atoms with Crippen LogP contribution in [0.5, 0.6) is 5.75 Å². The van der Waals surface area contributed by atoms with E-state index < -0.39 is 6.10 Å². The lowest BCUT2D eigenvalue weighted by Crippen LogP contribution is -2.04. The van der Waals surface area contributed by atoms with Crippen molar-refractivity contribution in [1.82, 2.24) is 0 Å². The minimum Gasteiger partial charge on any atom is -0.494 e. The first-order chi connectivity index (χ1) is 6.13. The lowest BCUT2D eigenvalue weighted by molar-refractivity contribution is 0.195.